The molecule has 0 bridgehead atoms. The van der Waals surface area contributed by atoms with Crippen molar-refractivity contribution in [1.82, 2.24) is 15.6 Å². The lowest BCUT2D eigenvalue weighted by molar-refractivity contribution is 0.0942. The van der Waals surface area contributed by atoms with Gasteiger partial charge in [0, 0.05) is 42.3 Å². The Hall–Kier alpha value is -1.34. The zero-order chi connectivity index (χ0) is 15.4. The van der Waals surface area contributed by atoms with Crippen LogP contribution < -0.4 is 15.4 Å². The van der Waals surface area contributed by atoms with Crippen molar-refractivity contribution in [3.05, 3.63) is 52.6 Å². The van der Waals surface area contributed by atoms with Gasteiger partial charge in [0.25, 0.3) is 5.91 Å². The fraction of sp³-hybridized carbons (Fsp3) is 0.250. The minimum Gasteiger partial charge on any atom is -0.439 e. The summed E-state index contributed by atoms with van der Waals surface area (Å²) in [5.41, 5.74) is 0.536. The molecule has 8 heteroatoms. The van der Waals surface area contributed by atoms with Gasteiger partial charge in [-0.3, -0.25) is 4.79 Å². The summed E-state index contributed by atoms with van der Waals surface area (Å²) < 4.78 is 6.57. The lowest BCUT2D eigenvalue weighted by atomic mass is 10.0. The molecule has 1 fully saturated rings. The van der Waals surface area contributed by atoms with Crippen molar-refractivity contribution in [1.29, 1.82) is 0 Å². The summed E-state index contributed by atoms with van der Waals surface area (Å²) in [7, 11) is 0. The number of ether oxygens (including phenoxy) is 1. The topological polar surface area (TPSA) is 63.2 Å². The summed E-state index contributed by atoms with van der Waals surface area (Å²) in [6, 6.07) is 10.9. The molecule has 1 aliphatic rings. The normalized spacial score (nSPS) is 13.0. The predicted octanol–water partition coefficient (Wildman–Crippen LogP) is 3.43. The summed E-state index contributed by atoms with van der Waals surface area (Å²) in [6.07, 6.45) is 1.53. The molecule has 1 aromatic heterocycles. The highest BCUT2D eigenvalue weighted by molar-refractivity contribution is 9.10. The number of amides is 1. The van der Waals surface area contributed by atoms with Crippen LogP contribution in [0.15, 0.2) is 47.1 Å². The van der Waals surface area contributed by atoms with E-state index < -0.39 is 0 Å². The first-order chi connectivity index (χ1) is 10.7. The van der Waals surface area contributed by atoms with Crippen LogP contribution in [-0.4, -0.2) is 30.5 Å². The lowest BCUT2D eigenvalue weighted by Crippen LogP contribution is -2.48. The Morgan fingerprint density at radius 3 is 2.67 bits per heavy atom. The van der Waals surface area contributed by atoms with Gasteiger partial charge in [-0.2, -0.15) is 0 Å². The van der Waals surface area contributed by atoms with E-state index in [2.05, 4.69) is 31.5 Å². The molecular weight excluding hydrogens is 417 g/mol. The number of carbonyl (C=O) groups excluding carboxylic acids is 1. The Morgan fingerprint density at radius 1 is 1.29 bits per heavy atom. The van der Waals surface area contributed by atoms with Gasteiger partial charge in [0.2, 0.25) is 5.88 Å². The Morgan fingerprint density at radius 2 is 2.08 bits per heavy atom. The first-order valence-electron chi connectivity index (χ1n) is 7.09. The highest BCUT2D eigenvalue weighted by atomic mass is 79.9. The van der Waals surface area contributed by atoms with E-state index in [4.69, 9.17) is 4.74 Å². The second kappa shape index (κ2) is 9.84. The number of hydrogen-bond acceptors (Lipinski definition) is 4. The molecule has 0 spiro atoms. The number of carbonyl (C=O) groups is 1. The minimum absolute atomic E-state index is 0. The zero-order valence-corrected chi connectivity index (χ0v) is 15.9. The van der Waals surface area contributed by atoms with Crippen LogP contribution in [0.1, 0.15) is 10.4 Å². The molecule has 0 radical (unpaired) electrons. The summed E-state index contributed by atoms with van der Waals surface area (Å²) in [4.78, 5) is 16.2. The number of hydrogen-bond donors (Lipinski definition) is 2. The molecule has 1 aliphatic heterocycles. The molecule has 5 nitrogen and oxygen atoms in total. The van der Waals surface area contributed by atoms with E-state index >= 15 is 0 Å². The third-order valence-electron chi connectivity index (χ3n) is 3.43. The summed E-state index contributed by atoms with van der Waals surface area (Å²) in [6.45, 7) is 2.64. The second-order valence-corrected chi connectivity index (χ2v) is 6.09. The van der Waals surface area contributed by atoms with Crippen molar-refractivity contribution < 1.29 is 9.53 Å². The fourth-order valence-electron chi connectivity index (χ4n) is 2.06. The van der Waals surface area contributed by atoms with E-state index in [1.54, 1.807) is 12.1 Å². The molecule has 0 atom stereocenters. The van der Waals surface area contributed by atoms with Gasteiger partial charge in [0.15, 0.2) is 0 Å². The third-order valence-corrected chi connectivity index (χ3v) is 3.93. The number of halogens is 3. The molecule has 2 aromatic rings. The smallest absolute Gasteiger partial charge is 0.252 e. The molecule has 0 aliphatic carbocycles. The number of rotatable bonds is 5. The van der Waals surface area contributed by atoms with Gasteiger partial charge in [0.1, 0.15) is 5.75 Å². The number of aromatic nitrogens is 1. The van der Waals surface area contributed by atoms with Crippen molar-refractivity contribution in [2.45, 2.75) is 0 Å². The molecular formula is C16H18BrCl2N3O2. The largest absolute Gasteiger partial charge is 0.439 e. The number of nitrogens with zero attached hydrogens (tertiary/aromatic N) is 1. The molecule has 24 heavy (non-hydrogen) atoms. The van der Waals surface area contributed by atoms with Crippen LogP contribution in [-0.2, 0) is 0 Å². The Kier molecular flexibility index (Phi) is 8.48. The average molecular weight is 435 g/mol. The Balaban J connectivity index is 0.00000144. The third kappa shape index (κ3) is 5.63. The van der Waals surface area contributed by atoms with Gasteiger partial charge in [-0.05, 0) is 24.3 Å². The maximum absolute atomic E-state index is 12.0. The maximum Gasteiger partial charge on any atom is 0.252 e. The quantitative estimate of drug-likeness (QED) is 0.756. The molecule has 0 saturated carbocycles. The fourth-order valence-corrected chi connectivity index (χ4v) is 2.44. The summed E-state index contributed by atoms with van der Waals surface area (Å²) in [5.74, 6) is 1.58. The van der Waals surface area contributed by atoms with Gasteiger partial charge in [-0.1, -0.05) is 22.0 Å². The van der Waals surface area contributed by atoms with Crippen molar-refractivity contribution in [2.24, 2.45) is 5.92 Å². The number of nitrogens with one attached hydrogen (secondary N) is 2. The van der Waals surface area contributed by atoms with E-state index in [1.807, 2.05) is 24.3 Å². The van der Waals surface area contributed by atoms with Gasteiger partial charge in [0.05, 0.1) is 5.56 Å². The summed E-state index contributed by atoms with van der Waals surface area (Å²) >= 11 is 3.39. The first-order valence-corrected chi connectivity index (χ1v) is 7.88. The number of benzene rings is 1. The molecule has 2 N–H and O–H groups in total. The molecule has 3 rings (SSSR count). The molecule has 2 heterocycles. The van der Waals surface area contributed by atoms with Gasteiger partial charge in [-0.15, -0.1) is 24.8 Å². The van der Waals surface area contributed by atoms with E-state index in [9.17, 15) is 4.79 Å². The minimum atomic E-state index is -0.103. The molecule has 1 amide bonds. The van der Waals surface area contributed by atoms with E-state index in [0.717, 1.165) is 17.6 Å². The van der Waals surface area contributed by atoms with Crippen molar-refractivity contribution in [2.75, 3.05) is 19.6 Å². The number of pyridine rings is 1. The van der Waals surface area contributed by atoms with Crippen LogP contribution in [0.25, 0.3) is 0 Å². The Labute approximate surface area is 161 Å². The van der Waals surface area contributed by atoms with Gasteiger partial charge >= 0.3 is 0 Å². The van der Waals surface area contributed by atoms with Crippen molar-refractivity contribution >= 4 is 46.7 Å². The molecule has 1 saturated heterocycles. The molecule has 0 unspecified atom stereocenters. The van der Waals surface area contributed by atoms with Gasteiger partial charge < -0.3 is 15.4 Å². The molecule has 1 aromatic carbocycles. The van der Waals surface area contributed by atoms with Crippen molar-refractivity contribution in [3.63, 3.8) is 0 Å². The van der Waals surface area contributed by atoms with Crippen LogP contribution >= 0.6 is 40.7 Å². The summed E-state index contributed by atoms with van der Waals surface area (Å²) in [5, 5.41) is 6.09. The average Bonchev–Trinajstić information content (AvgIpc) is 2.46. The van der Waals surface area contributed by atoms with Crippen LogP contribution in [0.3, 0.4) is 0 Å². The lowest BCUT2D eigenvalue weighted by Gasteiger charge is -2.27. The van der Waals surface area contributed by atoms with E-state index in [-0.39, 0.29) is 30.7 Å². The van der Waals surface area contributed by atoms with Crippen LogP contribution in [0.4, 0.5) is 0 Å². The van der Waals surface area contributed by atoms with E-state index in [0.29, 0.717) is 29.7 Å². The highest BCUT2D eigenvalue weighted by Crippen LogP contribution is 2.22. The predicted molar refractivity (Wildman–Crippen MR) is 102 cm³/mol. The maximum atomic E-state index is 12.0. The van der Waals surface area contributed by atoms with Crippen LogP contribution in [0.5, 0.6) is 11.6 Å². The van der Waals surface area contributed by atoms with Crippen LogP contribution in [0, 0.1) is 5.92 Å². The zero-order valence-electron chi connectivity index (χ0n) is 12.7. The van der Waals surface area contributed by atoms with Gasteiger partial charge in [-0.25, -0.2) is 4.98 Å². The first kappa shape index (κ1) is 20.7. The Bertz CT molecular complexity index is 667. The monoisotopic (exact) mass is 433 g/mol. The SMILES string of the molecule is Cl.Cl.O=C(NCC1CNC1)c1ccc(Oc2cccc(Br)c2)nc1. The molecule has 130 valence electrons. The standard InChI is InChI=1S/C16H16BrN3O2.2ClH/c17-13-2-1-3-14(6-13)22-15-5-4-12(10-19-15)16(21)20-9-11-7-18-8-11;;/h1-6,10-11,18H,7-9H2,(H,20,21);2*1H. The second-order valence-electron chi connectivity index (χ2n) is 5.18. The van der Waals surface area contributed by atoms with E-state index in [1.165, 1.54) is 6.20 Å². The van der Waals surface area contributed by atoms with Crippen molar-refractivity contribution in [3.8, 4) is 11.6 Å². The highest BCUT2D eigenvalue weighted by Gasteiger charge is 2.17. The van der Waals surface area contributed by atoms with Crippen LogP contribution in [0.2, 0.25) is 0 Å².